The third kappa shape index (κ3) is 3.70. The van der Waals surface area contributed by atoms with Gasteiger partial charge in [0.15, 0.2) is 0 Å². The Kier molecular flexibility index (Phi) is 2.91. The summed E-state index contributed by atoms with van der Waals surface area (Å²) in [4.78, 5) is 10.3. The number of ether oxygens (including phenoxy) is 1. The van der Waals surface area contributed by atoms with Crippen molar-refractivity contribution in [3.05, 3.63) is 12.4 Å². The molecule has 0 aliphatic heterocycles. The van der Waals surface area contributed by atoms with Gasteiger partial charge in [0.05, 0.1) is 6.10 Å². The molecule has 0 amide bonds. The first-order valence-electron chi connectivity index (χ1n) is 2.59. The Hall–Kier alpha value is -0.860. The number of hydrogen-bond acceptors (Lipinski definition) is 2. The minimum absolute atomic E-state index is 0.287. The quantitative estimate of drug-likeness (QED) is 0.419. The van der Waals surface area contributed by atoms with Gasteiger partial charge < -0.3 is 4.74 Å². The van der Waals surface area contributed by atoms with E-state index < -0.39 is 11.8 Å². The SMILES string of the molecule is C=C(F)C(=O)OC(C)C. The molecule has 52 valence electrons. The molecule has 0 atom stereocenters. The second-order valence-corrected chi connectivity index (χ2v) is 1.86. The summed E-state index contributed by atoms with van der Waals surface area (Å²) >= 11 is 0. The highest BCUT2D eigenvalue weighted by atomic mass is 19.1. The molecule has 0 spiro atoms. The molecule has 0 aromatic rings. The molecule has 0 unspecified atom stereocenters. The highest BCUT2D eigenvalue weighted by Crippen LogP contribution is 1.98. The van der Waals surface area contributed by atoms with Crippen molar-refractivity contribution in [1.82, 2.24) is 0 Å². The first-order valence-corrected chi connectivity index (χ1v) is 2.59. The van der Waals surface area contributed by atoms with E-state index in [1.54, 1.807) is 13.8 Å². The molecular weight excluding hydrogens is 123 g/mol. The van der Waals surface area contributed by atoms with Crippen LogP contribution in [0.3, 0.4) is 0 Å². The van der Waals surface area contributed by atoms with Crippen LogP contribution in [-0.2, 0) is 9.53 Å². The Morgan fingerprint density at radius 3 is 2.22 bits per heavy atom. The van der Waals surface area contributed by atoms with E-state index in [4.69, 9.17) is 0 Å². The van der Waals surface area contributed by atoms with Crippen LogP contribution in [0.2, 0.25) is 0 Å². The minimum atomic E-state index is -1.05. The van der Waals surface area contributed by atoms with Gasteiger partial charge in [0.2, 0.25) is 5.83 Å². The van der Waals surface area contributed by atoms with Crippen molar-refractivity contribution in [2.75, 3.05) is 0 Å². The predicted octanol–water partition coefficient (Wildman–Crippen LogP) is 1.42. The first-order chi connectivity index (χ1) is 4.04. The average Bonchev–Trinajstić information content (AvgIpc) is 1.63. The van der Waals surface area contributed by atoms with E-state index in [0.717, 1.165) is 0 Å². The number of carbonyl (C=O) groups excluding carboxylic acids is 1. The van der Waals surface area contributed by atoms with Crippen LogP contribution in [0.1, 0.15) is 13.8 Å². The normalized spacial score (nSPS) is 9.33. The zero-order chi connectivity index (χ0) is 7.44. The molecule has 0 heterocycles. The van der Waals surface area contributed by atoms with Gasteiger partial charge in [-0.2, -0.15) is 4.39 Å². The summed E-state index contributed by atoms with van der Waals surface area (Å²) in [5.41, 5.74) is 0. The molecule has 0 radical (unpaired) electrons. The summed E-state index contributed by atoms with van der Waals surface area (Å²) < 4.78 is 16.2. The lowest BCUT2D eigenvalue weighted by molar-refractivity contribution is -0.144. The average molecular weight is 132 g/mol. The Morgan fingerprint density at radius 2 is 2.11 bits per heavy atom. The van der Waals surface area contributed by atoms with Crippen molar-refractivity contribution in [2.24, 2.45) is 0 Å². The van der Waals surface area contributed by atoms with Crippen LogP contribution in [0.25, 0.3) is 0 Å². The van der Waals surface area contributed by atoms with Crippen LogP contribution in [0.5, 0.6) is 0 Å². The summed E-state index contributed by atoms with van der Waals surface area (Å²) in [5.74, 6) is -2.03. The number of carbonyl (C=O) groups is 1. The van der Waals surface area contributed by atoms with Gasteiger partial charge in [-0.3, -0.25) is 0 Å². The van der Waals surface area contributed by atoms with Gasteiger partial charge >= 0.3 is 5.97 Å². The van der Waals surface area contributed by atoms with E-state index in [2.05, 4.69) is 11.3 Å². The van der Waals surface area contributed by atoms with E-state index in [0.29, 0.717) is 0 Å². The Morgan fingerprint density at radius 1 is 1.67 bits per heavy atom. The molecule has 0 aromatic carbocycles. The molecule has 2 nitrogen and oxygen atoms in total. The lowest BCUT2D eigenvalue weighted by Crippen LogP contribution is -2.10. The maximum Gasteiger partial charge on any atom is 0.366 e. The van der Waals surface area contributed by atoms with Gasteiger partial charge in [-0.15, -0.1) is 0 Å². The maximum absolute atomic E-state index is 11.8. The standard InChI is InChI=1S/C6H9FO2/c1-4(2)9-6(8)5(3)7/h4H,3H2,1-2H3. The zero-order valence-electron chi connectivity index (χ0n) is 5.48. The fourth-order valence-electron chi connectivity index (χ4n) is 0.278. The number of halogens is 1. The van der Waals surface area contributed by atoms with Crippen LogP contribution in [0.15, 0.2) is 12.4 Å². The maximum atomic E-state index is 11.8. The Labute approximate surface area is 53.3 Å². The summed E-state index contributed by atoms with van der Waals surface area (Å²) in [5, 5.41) is 0. The van der Waals surface area contributed by atoms with Gasteiger partial charge in [0.1, 0.15) is 0 Å². The van der Waals surface area contributed by atoms with Gasteiger partial charge in [-0.25, -0.2) is 4.79 Å². The second kappa shape index (κ2) is 3.22. The molecule has 0 aliphatic carbocycles. The van der Waals surface area contributed by atoms with E-state index in [1.165, 1.54) is 0 Å². The zero-order valence-corrected chi connectivity index (χ0v) is 5.48. The molecule has 0 aromatic heterocycles. The van der Waals surface area contributed by atoms with Crippen molar-refractivity contribution in [3.63, 3.8) is 0 Å². The molecule has 0 N–H and O–H groups in total. The smallest absolute Gasteiger partial charge is 0.366 e. The molecule has 0 saturated carbocycles. The molecule has 0 bridgehead atoms. The molecule has 9 heavy (non-hydrogen) atoms. The molecule has 0 rings (SSSR count). The predicted molar refractivity (Wildman–Crippen MR) is 31.5 cm³/mol. The van der Waals surface area contributed by atoms with Crippen molar-refractivity contribution in [1.29, 1.82) is 0 Å². The van der Waals surface area contributed by atoms with Crippen molar-refractivity contribution in [3.8, 4) is 0 Å². The molecule has 0 saturated heterocycles. The third-order valence-corrected chi connectivity index (χ3v) is 0.564. The van der Waals surface area contributed by atoms with Gasteiger partial charge in [0, 0.05) is 0 Å². The summed E-state index contributed by atoms with van der Waals surface area (Å²) in [6.45, 7) is 6.05. The number of rotatable bonds is 2. The Balaban J connectivity index is 3.65. The topological polar surface area (TPSA) is 26.3 Å². The summed E-state index contributed by atoms with van der Waals surface area (Å²) in [6, 6.07) is 0. The van der Waals surface area contributed by atoms with Gasteiger partial charge in [-0.1, -0.05) is 6.58 Å². The fourth-order valence-corrected chi connectivity index (χ4v) is 0.278. The molecule has 3 heteroatoms. The molecular formula is C6H9FO2. The highest BCUT2D eigenvalue weighted by molar-refractivity contribution is 5.85. The van der Waals surface area contributed by atoms with E-state index in [1.807, 2.05) is 0 Å². The Bertz CT molecular complexity index is 129. The first kappa shape index (κ1) is 8.14. The molecule has 0 fully saturated rings. The minimum Gasteiger partial charge on any atom is -0.458 e. The summed E-state index contributed by atoms with van der Waals surface area (Å²) in [6.07, 6.45) is -0.287. The van der Waals surface area contributed by atoms with Gasteiger partial charge in [-0.05, 0) is 13.8 Å². The van der Waals surface area contributed by atoms with Crippen LogP contribution in [0, 0.1) is 0 Å². The monoisotopic (exact) mass is 132 g/mol. The van der Waals surface area contributed by atoms with Crippen molar-refractivity contribution >= 4 is 5.97 Å². The number of esters is 1. The van der Waals surface area contributed by atoms with Crippen LogP contribution in [-0.4, -0.2) is 12.1 Å². The highest BCUT2D eigenvalue weighted by Gasteiger charge is 2.07. The van der Waals surface area contributed by atoms with E-state index in [-0.39, 0.29) is 6.10 Å². The van der Waals surface area contributed by atoms with Gasteiger partial charge in [0.25, 0.3) is 0 Å². The van der Waals surface area contributed by atoms with Crippen LogP contribution < -0.4 is 0 Å². The molecule has 0 aliphatic rings. The van der Waals surface area contributed by atoms with Crippen molar-refractivity contribution < 1.29 is 13.9 Å². The largest absolute Gasteiger partial charge is 0.458 e. The fraction of sp³-hybridized carbons (Fsp3) is 0.500. The lowest BCUT2D eigenvalue weighted by atomic mass is 10.5. The lowest BCUT2D eigenvalue weighted by Gasteiger charge is -2.04. The number of hydrogen-bond donors (Lipinski definition) is 0. The van der Waals surface area contributed by atoms with Crippen molar-refractivity contribution in [2.45, 2.75) is 20.0 Å². The van der Waals surface area contributed by atoms with E-state index >= 15 is 0 Å². The second-order valence-electron chi connectivity index (χ2n) is 1.86. The van der Waals surface area contributed by atoms with E-state index in [9.17, 15) is 9.18 Å². The third-order valence-electron chi connectivity index (χ3n) is 0.564. The van der Waals surface area contributed by atoms with Crippen LogP contribution >= 0.6 is 0 Å². The van der Waals surface area contributed by atoms with Crippen LogP contribution in [0.4, 0.5) is 4.39 Å². The summed E-state index contributed by atoms with van der Waals surface area (Å²) in [7, 11) is 0.